The number of esters is 1. The van der Waals surface area contributed by atoms with Crippen molar-refractivity contribution in [3.05, 3.63) is 64.4 Å². The Morgan fingerprint density at radius 3 is 2.95 bits per heavy atom. The molecule has 3 rings (SSSR count). The Balaban J connectivity index is 1.67. The number of benzene rings is 1. The minimum Gasteiger partial charge on any atom is -0.455 e. The second-order valence-electron chi connectivity index (χ2n) is 5.02. The van der Waals surface area contributed by atoms with Crippen LogP contribution in [0.15, 0.2) is 46.4 Å². The van der Waals surface area contributed by atoms with E-state index in [0.29, 0.717) is 17.1 Å². The third-order valence-corrected chi connectivity index (χ3v) is 4.11. The molecule has 112 valence electrons. The van der Waals surface area contributed by atoms with E-state index in [1.54, 1.807) is 11.3 Å². The summed E-state index contributed by atoms with van der Waals surface area (Å²) in [4.78, 5) is 17.4. The quantitative estimate of drug-likeness (QED) is 0.671. The lowest BCUT2D eigenvalue weighted by Crippen LogP contribution is -2.07. The highest BCUT2D eigenvalue weighted by molar-refractivity contribution is 7.13. The molecular formula is C17H15NO3S. The summed E-state index contributed by atoms with van der Waals surface area (Å²) in [5, 5.41) is 1.96. The predicted molar refractivity (Wildman–Crippen MR) is 84.9 cm³/mol. The van der Waals surface area contributed by atoms with Crippen LogP contribution in [-0.4, -0.2) is 11.0 Å². The van der Waals surface area contributed by atoms with E-state index in [2.05, 4.69) is 4.98 Å². The molecule has 3 aromatic rings. The van der Waals surface area contributed by atoms with Gasteiger partial charge in [0, 0.05) is 0 Å². The Bertz CT molecular complexity index is 790. The first-order valence-electron chi connectivity index (χ1n) is 6.86. The molecule has 0 saturated carbocycles. The summed E-state index contributed by atoms with van der Waals surface area (Å²) in [7, 11) is 0. The SMILES string of the molecule is Cc1ccc(C)c(C(=O)OCc2coc(-c3cccs3)n2)c1. The molecule has 2 heterocycles. The van der Waals surface area contributed by atoms with Gasteiger partial charge >= 0.3 is 5.97 Å². The summed E-state index contributed by atoms with van der Waals surface area (Å²) in [5.41, 5.74) is 3.11. The first kappa shape index (κ1) is 14.5. The Labute approximate surface area is 132 Å². The zero-order chi connectivity index (χ0) is 15.5. The Morgan fingerprint density at radius 1 is 1.32 bits per heavy atom. The average molecular weight is 313 g/mol. The van der Waals surface area contributed by atoms with E-state index in [0.717, 1.165) is 16.0 Å². The molecule has 0 fully saturated rings. The summed E-state index contributed by atoms with van der Waals surface area (Å²) in [6.07, 6.45) is 1.52. The van der Waals surface area contributed by atoms with Crippen molar-refractivity contribution in [2.24, 2.45) is 0 Å². The molecule has 0 amide bonds. The molecule has 0 aliphatic carbocycles. The molecule has 0 N–H and O–H groups in total. The highest BCUT2D eigenvalue weighted by Gasteiger charge is 2.13. The average Bonchev–Trinajstić information content (AvgIpc) is 3.17. The molecule has 5 heteroatoms. The van der Waals surface area contributed by atoms with Gasteiger partial charge in [0.1, 0.15) is 18.6 Å². The van der Waals surface area contributed by atoms with E-state index in [4.69, 9.17) is 9.15 Å². The maximum absolute atomic E-state index is 12.1. The molecular weight excluding hydrogens is 298 g/mol. The van der Waals surface area contributed by atoms with Crippen LogP contribution in [-0.2, 0) is 11.3 Å². The summed E-state index contributed by atoms with van der Waals surface area (Å²) < 4.78 is 10.7. The fourth-order valence-electron chi connectivity index (χ4n) is 2.06. The second-order valence-corrected chi connectivity index (χ2v) is 5.96. The third-order valence-electron chi connectivity index (χ3n) is 3.25. The minimum absolute atomic E-state index is 0.0983. The van der Waals surface area contributed by atoms with Crippen LogP contribution in [0.3, 0.4) is 0 Å². The fourth-order valence-corrected chi connectivity index (χ4v) is 2.72. The molecule has 0 spiro atoms. The van der Waals surface area contributed by atoms with Gasteiger partial charge in [0.15, 0.2) is 0 Å². The number of nitrogens with zero attached hydrogens (tertiary/aromatic N) is 1. The van der Waals surface area contributed by atoms with E-state index < -0.39 is 0 Å². The maximum Gasteiger partial charge on any atom is 0.338 e. The van der Waals surface area contributed by atoms with Gasteiger partial charge in [0.2, 0.25) is 5.89 Å². The van der Waals surface area contributed by atoms with E-state index in [-0.39, 0.29) is 12.6 Å². The maximum atomic E-state index is 12.1. The summed E-state index contributed by atoms with van der Waals surface area (Å²) in [5.74, 6) is 0.203. The number of hydrogen-bond donors (Lipinski definition) is 0. The van der Waals surface area contributed by atoms with E-state index in [1.807, 2.05) is 49.6 Å². The molecule has 22 heavy (non-hydrogen) atoms. The molecule has 0 atom stereocenters. The van der Waals surface area contributed by atoms with Gasteiger partial charge < -0.3 is 9.15 Å². The smallest absolute Gasteiger partial charge is 0.338 e. The molecule has 0 radical (unpaired) electrons. The zero-order valence-corrected chi connectivity index (χ0v) is 13.1. The number of aromatic nitrogens is 1. The molecule has 0 aliphatic heterocycles. The monoisotopic (exact) mass is 313 g/mol. The minimum atomic E-state index is -0.345. The largest absolute Gasteiger partial charge is 0.455 e. The summed E-state index contributed by atoms with van der Waals surface area (Å²) in [6, 6.07) is 9.58. The van der Waals surface area contributed by atoms with Gasteiger partial charge in [-0.2, -0.15) is 0 Å². The van der Waals surface area contributed by atoms with Crippen molar-refractivity contribution in [3.63, 3.8) is 0 Å². The van der Waals surface area contributed by atoms with Gasteiger partial charge in [-0.25, -0.2) is 9.78 Å². The fraction of sp³-hybridized carbons (Fsp3) is 0.176. The van der Waals surface area contributed by atoms with Crippen LogP contribution in [0.5, 0.6) is 0 Å². The number of aryl methyl sites for hydroxylation is 2. The van der Waals surface area contributed by atoms with Crippen LogP contribution < -0.4 is 0 Å². The number of oxazole rings is 1. The van der Waals surface area contributed by atoms with Crippen molar-refractivity contribution >= 4 is 17.3 Å². The lowest BCUT2D eigenvalue weighted by Gasteiger charge is -2.06. The number of thiophene rings is 1. The van der Waals surface area contributed by atoms with Gasteiger partial charge in [0.25, 0.3) is 0 Å². The highest BCUT2D eigenvalue weighted by Crippen LogP contribution is 2.24. The molecule has 0 bridgehead atoms. The number of hydrogen-bond acceptors (Lipinski definition) is 5. The van der Waals surface area contributed by atoms with Crippen LogP contribution in [0.4, 0.5) is 0 Å². The van der Waals surface area contributed by atoms with Crippen LogP contribution in [0.1, 0.15) is 27.2 Å². The van der Waals surface area contributed by atoms with Crippen molar-refractivity contribution in [1.82, 2.24) is 4.98 Å². The normalized spacial score (nSPS) is 10.6. The number of ether oxygens (including phenoxy) is 1. The van der Waals surface area contributed by atoms with Gasteiger partial charge in [-0.3, -0.25) is 0 Å². The van der Waals surface area contributed by atoms with Gasteiger partial charge in [-0.05, 0) is 36.9 Å². The Hall–Kier alpha value is -2.40. The van der Waals surface area contributed by atoms with E-state index in [1.165, 1.54) is 6.26 Å². The number of carbonyl (C=O) groups is 1. The van der Waals surface area contributed by atoms with Crippen molar-refractivity contribution in [2.45, 2.75) is 20.5 Å². The molecule has 1 aromatic carbocycles. The number of rotatable bonds is 4. The number of carbonyl (C=O) groups excluding carboxylic acids is 1. The lowest BCUT2D eigenvalue weighted by atomic mass is 10.1. The molecule has 0 aliphatic rings. The Kier molecular flexibility index (Phi) is 4.06. The van der Waals surface area contributed by atoms with E-state index in [9.17, 15) is 4.79 Å². The van der Waals surface area contributed by atoms with Gasteiger partial charge in [-0.1, -0.05) is 23.8 Å². The third kappa shape index (κ3) is 3.09. The second kappa shape index (κ2) is 6.15. The van der Waals surface area contributed by atoms with Gasteiger partial charge in [0.05, 0.1) is 10.4 Å². The van der Waals surface area contributed by atoms with Gasteiger partial charge in [-0.15, -0.1) is 11.3 Å². The standard InChI is InChI=1S/C17H15NO3S/c1-11-5-6-12(2)14(8-11)17(19)21-10-13-9-20-16(18-13)15-4-3-7-22-15/h3-9H,10H2,1-2H3. The van der Waals surface area contributed by atoms with E-state index >= 15 is 0 Å². The topological polar surface area (TPSA) is 52.3 Å². The van der Waals surface area contributed by atoms with Crippen LogP contribution in [0.25, 0.3) is 10.8 Å². The zero-order valence-electron chi connectivity index (χ0n) is 12.3. The highest BCUT2D eigenvalue weighted by atomic mass is 32.1. The summed E-state index contributed by atoms with van der Waals surface area (Å²) >= 11 is 1.55. The van der Waals surface area contributed by atoms with Crippen molar-refractivity contribution in [2.75, 3.05) is 0 Å². The van der Waals surface area contributed by atoms with Crippen molar-refractivity contribution in [3.8, 4) is 10.8 Å². The molecule has 0 unspecified atom stereocenters. The van der Waals surface area contributed by atoms with Crippen molar-refractivity contribution < 1.29 is 13.9 Å². The predicted octanol–water partition coefficient (Wildman–Crippen LogP) is 4.38. The lowest BCUT2D eigenvalue weighted by molar-refractivity contribution is 0.0467. The molecule has 4 nitrogen and oxygen atoms in total. The first-order chi connectivity index (χ1) is 10.6. The van der Waals surface area contributed by atoms with Crippen LogP contribution >= 0.6 is 11.3 Å². The molecule has 0 saturated heterocycles. The van der Waals surface area contributed by atoms with Crippen molar-refractivity contribution in [1.29, 1.82) is 0 Å². The first-order valence-corrected chi connectivity index (χ1v) is 7.74. The summed E-state index contributed by atoms with van der Waals surface area (Å²) in [6.45, 7) is 3.93. The Morgan fingerprint density at radius 2 is 2.18 bits per heavy atom. The molecule has 2 aromatic heterocycles. The van der Waals surface area contributed by atoms with Crippen LogP contribution in [0.2, 0.25) is 0 Å². The van der Waals surface area contributed by atoms with Crippen LogP contribution in [0, 0.1) is 13.8 Å².